The third-order valence-corrected chi connectivity index (χ3v) is 3.36. The number of nitro benzene ring substituents is 2. The van der Waals surface area contributed by atoms with E-state index in [4.69, 9.17) is 0 Å². The van der Waals surface area contributed by atoms with Crippen molar-refractivity contribution < 1.29 is 14.6 Å². The normalized spacial score (nSPS) is 10.7. The predicted octanol–water partition coefficient (Wildman–Crippen LogP) is 3.36. The van der Waals surface area contributed by atoms with Crippen LogP contribution in [-0.2, 0) is 4.79 Å². The molecule has 1 amide bonds. The highest BCUT2D eigenvalue weighted by molar-refractivity contribution is 6.10. The van der Waals surface area contributed by atoms with Crippen LogP contribution in [0.15, 0.2) is 48.0 Å². The number of hydrogen-bond acceptors (Lipinski definition) is 6. The van der Waals surface area contributed by atoms with Crippen LogP contribution in [0.4, 0.5) is 17.1 Å². The third kappa shape index (κ3) is 4.27. The molecule has 0 radical (unpaired) electrons. The van der Waals surface area contributed by atoms with Crippen LogP contribution in [0.5, 0.6) is 0 Å². The second-order valence-corrected chi connectivity index (χ2v) is 5.25. The Bertz CT molecular complexity index is 975. The molecule has 26 heavy (non-hydrogen) atoms. The van der Waals surface area contributed by atoms with Crippen LogP contribution >= 0.6 is 0 Å². The SMILES string of the molecule is Cc1ccc(NC(=O)/C(C#N)=C/c2cccc([N+](=O)[O-])c2)c([N+](=O)[O-])c1. The molecule has 0 saturated carbocycles. The Hall–Kier alpha value is -4.06. The maximum absolute atomic E-state index is 12.3. The molecule has 0 aliphatic rings. The molecule has 1 N–H and O–H groups in total. The van der Waals surface area contributed by atoms with E-state index in [0.29, 0.717) is 5.56 Å². The summed E-state index contributed by atoms with van der Waals surface area (Å²) in [6.45, 7) is 1.67. The van der Waals surface area contributed by atoms with Crippen molar-refractivity contribution >= 4 is 29.0 Å². The lowest BCUT2D eigenvalue weighted by atomic mass is 10.1. The van der Waals surface area contributed by atoms with Crippen LogP contribution < -0.4 is 5.32 Å². The van der Waals surface area contributed by atoms with Gasteiger partial charge >= 0.3 is 0 Å². The molecule has 0 fully saturated rings. The van der Waals surface area contributed by atoms with E-state index in [-0.39, 0.29) is 28.2 Å². The number of carbonyl (C=O) groups excluding carboxylic acids is 1. The summed E-state index contributed by atoms with van der Waals surface area (Å²) in [5, 5.41) is 33.4. The molecule has 0 aliphatic heterocycles. The van der Waals surface area contributed by atoms with Gasteiger partial charge in [-0.05, 0) is 30.2 Å². The fourth-order valence-corrected chi connectivity index (χ4v) is 2.13. The lowest BCUT2D eigenvalue weighted by Crippen LogP contribution is -2.14. The lowest BCUT2D eigenvalue weighted by molar-refractivity contribution is -0.384. The van der Waals surface area contributed by atoms with Crippen LogP contribution in [-0.4, -0.2) is 15.8 Å². The summed E-state index contributed by atoms with van der Waals surface area (Å²) in [6, 6.07) is 11.3. The maximum atomic E-state index is 12.3. The molecule has 0 saturated heterocycles. The number of benzene rings is 2. The average molecular weight is 352 g/mol. The molecule has 2 aromatic carbocycles. The molecule has 0 spiro atoms. The Labute approximate surface area is 147 Å². The molecular weight excluding hydrogens is 340 g/mol. The van der Waals surface area contributed by atoms with Crippen LogP contribution in [0.3, 0.4) is 0 Å². The van der Waals surface area contributed by atoms with Crippen LogP contribution in [0.25, 0.3) is 6.08 Å². The Morgan fingerprint density at radius 2 is 1.88 bits per heavy atom. The van der Waals surface area contributed by atoms with Crippen molar-refractivity contribution in [3.63, 3.8) is 0 Å². The van der Waals surface area contributed by atoms with Gasteiger partial charge in [0, 0.05) is 18.2 Å². The monoisotopic (exact) mass is 352 g/mol. The smallest absolute Gasteiger partial charge is 0.293 e. The van der Waals surface area contributed by atoms with E-state index < -0.39 is 15.8 Å². The van der Waals surface area contributed by atoms with Gasteiger partial charge in [-0.25, -0.2) is 0 Å². The number of anilines is 1. The molecule has 0 bridgehead atoms. The number of nitriles is 1. The van der Waals surface area contributed by atoms with Crippen LogP contribution in [0.2, 0.25) is 0 Å². The Balaban J connectivity index is 2.33. The van der Waals surface area contributed by atoms with Gasteiger partial charge in [-0.3, -0.25) is 25.0 Å². The van der Waals surface area contributed by atoms with Gasteiger partial charge in [0.05, 0.1) is 9.85 Å². The lowest BCUT2D eigenvalue weighted by Gasteiger charge is -2.06. The molecule has 0 heterocycles. The Morgan fingerprint density at radius 1 is 1.15 bits per heavy atom. The zero-order chi connectivity index (χ0) is 19.3. The van der Waals surface area contributed by atoms with Crippen LogP contribution in [0, 0.1) is 38.5 Å². The van der Waals surface area contributed by atoms with Crippen molar-refractivity contribution in [2.75, 3.05) is 5.32 Å². The van der Waals surface area contributed by atoms with Crippen LogP contribution in [0.1, 0.15) is 11.1 Å². The minimum Gasteiger partial charge on any atom is -0.316 e. The van der Waals surface area contributed by atoms with Gasteiger partial charge in [-0.15, -0.1) is 0 Å². The van der Waals surface area contributed by atoms with E-state index in [1.807, 2.05) is 0 Å². The molecule has 0 aliphatic carbocycles. The molecule has 0 unspecified atom stereocenters. The number of non-ortho nitro benzene ring substituents is 1. The average Bonchev–Trinajstić information content (AvgIpc) is 2.61. The molecule has 0 atom stereocenters. The maximum Gasteiger partial charge on any atom is 0.293 e. The van der Waals surface area contributed by atoms with Gasteiger partial charge in [-0.1, -0.05) is 18.2 Å². The van der Waals surface area contributed by atoms with Crippen molar-refractivity contribution in [3.05, 3.63) is 79.4 Å². The second-order valence-electron chi connectivity index (χ2n) is 5.25. The Kier molecular flexibility index (Phi) is 5.40. The minimum atomic E-state index is -0.856. The highest BCUT2D eigenvalue weighted by atomic mass is 16.6. The van der Waals surface area contributed by atoms with E-state index in [1.54, 1.807) is 19.1 Å². The summed E-state index contributed by atoms with van der Waals surface area (Å²) in [7, 11) is 0. The van der Waals surface area contributed by atoms with Crippen molar-refractivity contribution in [3.8, 4) is 6.07 Å². The number of carbonyl (C=O) groups is 1. The molecule has 130 valence electrons. The van der Waals surface area contributed by atoms with E-state index in [9.17, 15) is 30.3 Å². The van der Waals surface area contributed by atoms with Crippen molar-refractivity contribution in [1.29, 1.82) is 5.26 Å². The van der Waals surface area contributed by atoms with E-state index in [2.05, 4.69) is 5.32 Å². The summed E-state index contributed by atoms with van der Waals surface area (Å²) in [5.41, 5.74) is 0.0365. The van der Waals surface area contributed by atoms with Gasteiger partial charge in [0.25, 0.3) is 17.3 Å². The quantitative estimate of drug-likeness (QED) is 0.379. The van der Waals surface area contributed by atoms with Gasteiger partial charge in [0.15, 0.2) is 0 Å². The second kappa shape index (κ2) is 7.67. The largest absolute Gasteiger partial charge is 0.316 e. The van der Waals surface area contributed by atoms with Gasteiger partial charge in [0.2, 0.25) is 0 Å². The number of nitrogens with one attached hydrogen (secondary N) is 1. The zero-order valence-corrected chi connectivity index (χ0v) is 13.5. The molecular formula is C17H12N4O5. The van der Waals surface area contributed by atoms with Gasteiger partial charge in [0.1, 0.15) is 17.3 Å². The first-order valence-corrected chi connectivity index (χ1v) is 7.24. The first-order valence-electron chi connectivity index (χ1n) is 7.24. The summed E-state index contributed by atoms with van der Waals surface area (Å²) >= 11 is 0. The first-order chi connectivity index (χ1) is 12.3. The number of amides is 1. The molecule has 9 heteroatoms. The number of rotatable bonds is 5. The minimum absolute atomic E-state index is 0.0502. The van der Waals surface area contributed by atoms with E-state index in [0.717, 1.165) is 0 Å². The molecule has 9 nitrogen and oxygen atoms in total. The highest BCUT2D eigenvalue weighted by Gasteiger charge is 2.18. The number of aryl methyl sites for hydroxylation is 1. The first kappa shape index (κ1) is 18.3. The van der Waals surface area contributed by atoms with Gasteiger partial charge in [-0.2, -0.15) is 5.26 Å². The summed E-state index contributed by atoms with van der Waals surface area (Å²) in [6.07, 6.45) is 1.17. The molecule has 2 rings (SSSR count). The summed E-state index contributed by atoms with van der Waals surface area (Å²) < 4.78 is 0. The fourth-order valence-electron chi connectivity index (χ4n) is 2.13. The molecule has 0 aromatic heterocycles. The number of nitrogens with zero attached hydrogens (tertiary/aromatic N) is 3. The van der Waals surface area contributed by atoms with Crippen molar-refractivity contribution in [1.82, 2.24) is 0 Å². The topological polar surface area (TPSA) is 139 Å². The number of hydrogen-bond donors (Lipinski definition) is 1. The number of nitro groups is 2. The predicted molar refractivity (Wildman–Crippen MR) is 93.1 cm³/mol. The summed E-state index contributed by atoms with van der Waals surface area (Å²) in [4.78, 5) is 32.9. The Morgan fingerprint density at radius 3 is 2.50 bits per heavy atom. The van der Waals surface area contributed by atoms with E-state index >= 15 is 0 Å². The highest BCUT2D eigenvalue weighted by Crippen LogP contribution is 2.26. The van der Waals surface area contributed by atoms with Crippen molar-refractivity contribution in [2.24, 2.45) is 0 Å². The standard InChI is InChI=1S/C17H12N4O5/c1-11-5-6-15(16(7-11)21(25)26)19-17(22)13(10-18)8-12-3-2-4-14(9-12)20(23)24/h2-9H,1H3,(H,19,22)/b13-8+. The van der Waals surface area contributed by atoms with Crippen molar-refractivity contribution in [2.45, 2.75) is 6.92 Å². The zero-order valence-electron chi connectivity index (χ0n) is 13.5. The molecule has 2 aromatic rings. The third-order valence-electron chi connectivity index (χ3n) is 3.36. The summed E-state index contributed by atoms with van der Waals surface area (Å²) in [5.74, 6) is -0.856. The fraction of sp³-hybridized carbons (Fsp3) is 0.0588. The van der Waals surface area contributed by atoms with E-state index in [1.165, 1.54) is 42.5 Å². The van der Waals surface area contributed by atoms with Gasteiger partial charge < -0.3 is 5.32 Å².